The van der Waals surface area contributed by atoms with E-state index in [1.807, 2.05) is 6.92 Å². The molecule has 3 rings (SSSR count). The van der Waals surface area contributed by atoms with Gasteiger partial charge in [0.1, 0.15) is 11.5 Å². The molecule has 0 fully saturated rings. The van der Waals surface area contributed by atoms with Gasteiger partial charge < -0.3 is 4.98 Å². The second-order valence-corrected chi connectivity index (χ2v) is 7.96. The van der Waals surface area contributed by atoms with E-state index in [0.717, 1.165) is 26.0 Å². The van der Waals surface area contributed by atoms with Crippen molar-refractivity contribution in [2.45, 2.75) is 18.9 Å². The number of fused-ring (bicyclic) bond motifs is 1. The van der Waals surface area contributed by atoms with Gasteiger partial charge in [0.05, 0.1) is 15.5 Å². The molecule has 2 heterocycles. The Morgan fingerprint density at radius 2 is 2.08 bits per heavy atom. The average molecular weight is 522 g/mol. The highest BCUT2D eigenvalue weighted by molar-refractivity contribution is 14.2. The molecule has 0 atom stereocenters. The Hall–Kier alpha value is -1.20. The number of nitrogens with zero attached hydrogens (tertiary/aromatic N) is 2. The molecule has 0 aliphatic heterocycles. The quantitative estimate of drug-likeness (QED) is 0.257. The van der Waals surface area contributed by atoms with Crippen LogP contribution in [0, 0.1) is 29.8 Å². The molecule has 0 saturated heterocycles. The fourth-order valence-electron chi connectivity index (χ4n) is 2.60. The molecule has 2 aromatic heterocycles. The van der Waals surface area contributed by atoms with Crippen LogP contribution in [0.5, 0.6) is 0 Å². The molecule has 124 valence electrons. The van der Waals surface area contributed by atoms with E-state index in [1.54, 1.807) is 6.20 Å². The first-order valence-corrected chi connectivity index (χ1v) is 10.9. The maximum absolute atomic E-state index is 14.3. The number of benzene rings is 1. The lowest BCUT2D eigenvalue weighted by Gasteiger charge is -2.07. The van der Waals surface area contributed by atoms with Crippen LogP contribution < -0.4 is 0 Å². The Morgan fingerprint density at radius 1 is 1.38 bits per heavy atom. The molecule has 0 amide bonds. The van der Waals surface area contributed by atoms with Crippen molar-refractivity contribution in [3.8, 4) is 11.1 Å². The molecule has 0 radical (unpaired) electrons. The molecule has 0 saturated carbocycles. The number of aromatic amines is 1. The zero-order valence-corrected chi connectivity index (χ0v) is 17.0. The first-order chi connectivity index (χ1) is 11.3. The summed E-state index contributed by atoms with van der Waals surface area (Å²) in [5.74, 6) is -0.599. The van der Waals surface area contributed by atoms with Crippen molar-refractivity contribution in [3.05, 3.63) is 49.9 Å². The van der Waals surface area contributed by atoms with Crippen LogP contribution in [0.25, 0.3) is 22.2 Å². The van der Waals surface area contributed by atoms with Gasteiger partial charge in [-0.15, -0.1) is 0 Å². The van der Waals surface area contributed by atoms with Crippen LogP contribution in [-0.4, -0.2) is 14.9 Å². The second-order valence-electron chi connectivity index (χ2n) is 5.22. The summed E-state index contributed by atoms with van der Waals surface area (Å²) in [5, 5.41) is 12.8. The molecular weight excluding hydrogens is 512 g/mol. The van der Waals surface area contributed by atoms with Crippen LogP contribution in [0.2, 0.25) is 0 Å². The summed E-state index contributed by atoms with van der Waals surface area (Å²) in [6.07, 6.45) is 1.69. The molecule has 5 nitrogen and oxygen atoms in total. The topological polar surface area (TPSA) is 71.8 Å². The Labute approximate surface area is 161 Å². The number of hydrogen-bond acceptors (Lipinski definition) is 4. The highest BCUT2D eigenvalue weighted by Gasteiger charge is 2.22. The number of pyridine rings is 1. The lowest BCUT2D eigenvalue weighted by atomic mass is 10.0. The number of nitro benzene ring substituents is 1. The number of nitro groups is 1. The maximum Gasteiger partial charge on any atom is 0.275 e. The molecule has 9 heteroatoms. The largest absolute Gasteiger partial charge is 0.333 e. The van der Waals surface area contributed by atoms with E-state index in [9.17, 15) is 14.5 Å². The number of nitrogens with one attached hydrogen (secondary N) is 1. The van der Waals surface area contributed by atoms with E-state index in [1.165, 1.54) is 28.0 Å². The number of aryl methyl sites for hydroxylation is 1. The molecule has 1 N–H and O–H groups in total. The predicted octanol–water partition coefficient (Wildman–Crippen LogP) is 6.10. The fourth-order valence-corrected chi connectivity index (χ4v) is 4.32. The minimum Gasteiger partial charge on any atom is -0.333 e. The first kappa shape index (κ1) is 17.6. The van der Waals surface area contributed by atoms with Crippen molar-refractivity contribution in [2.75, 3.05) is 0 Å². The van der Waals surface area contributed by atoms with Crippen molar-refractivity contribution in [3.63, 3.8) is 0 Å². The van der Waals surface area contributed by atoms with Gasteiger partial charge in [0.25, 0.3) is 5.69 Å². The second kappa shape index (κ2) is 6.60. The molecule has 1 aromatic carbocycles. The SMILES string of the molecule is Cc1c(F)cc(-c2c(SI)[nH]c3ncc(Br)c(C)c23)cc1[N+](=O)[O-]. The van der Waals surface area contributed by atoms with E-state index >= 15 is 0 Å². The molecule has 0 unspecified atom stereocenters. The Balaban J connectivity index is 2.42. The van der Waals surface area contributed by atoms with Crippen molar-refractivity contribution in [1.29, 1.82) is 0 Å². The van der Waals surface area contributed by atoms with Gasteiger partial charge in [0, 0.05) is 48.9 Å². The van der Waals surface area contributed by atoms with Gasteiger partial charge in [-0.2, -0.15) is 0 Å². The lowest BCUT2D eigenvalue weighted by Crippen LogP contribution is -1.96. The van der Waals surface area contributed by atoms with Gasteiger partial charge in [-0.25, -0.2) is 9.37 Å². The van der Waals surface area contributed by atoms with Crippen molar-refractivity contribution in [1.82, 2.24) is 9.97 Å². The van der Waals surface area contributed by atoms with Gasteiger partial charge in [-0.1, -0.05) is 0 Å². The van der Waals surface area contributed by atoms with Crippen LogP contribution >= 0.6 is 46.1 Å². The van der Waals surface area contributed by atoms with Crippen LogP contribution in [0.15, 0.2) is 27.8 Å². The molecular formula is C15H10BrFIN3O2S. The molecule has 24 heavy (non-hydrogen) atoms. The fraction of sp³-hybridized carbons (Fsp3) is 0.133. The van der Waals surface area contributed by atoms with Gasteiger partial charge in [0.15, 0.2) is 0 Å². The molecule has 0 aliphatic carbocycles. The van der Waals surface area contributed by atoms with Gasteiger partial charge in [0.2, 0.25) is 0 Å². The highest BCUT2D eigenvalue weighted by atomic mass is 127. The zero-order valence-electron chi connectivity index (χ0n) is 12.5. The van der Waals surface area contributed by atoms with E-state index in [4.69, 9.17) is 0 Å². The number of halogens is 3. The normalized spacial score (nSPS) is 11.2. The Morgan fingerprint density at radius 3 is 2.71 bits per heavy atom. The van der Waals surface area contributed by atoms with Crippen molar-refractivity contribution < 1.29 is 9.31 Å². The van der Waals surface area contributed by atoms with Crippen molar-refractivity contribution in [2.24, 2.45) is 0 Å². The third-order valence-electron chi connectivity index (χ3n) is 3.87. The van der Waals surface area contributed by atoms with Gasteiger partial charge in [-0.3, -0.25) is 10.1 Å². The summed E-state index contributed by atoms with van der Waals surface area (Å²) in [6.45, 7) is 3.33. The summed E-state index contributed by atoms with van der Waals surface area (Å²) < 4.78 is 15.1. The third-order valence-corrected chi connectivity index (χ3v) is 6.45. The molecule has 0 bridgehead atoms. The summed E-state index contributed by atoms with van der Waals surface area (Å²) >= 11 is 5.57. The van der Waals surface area contributed by atoms with Gasteiger partial charge >= 0.3 is 0 Å². The number of hydrogen-bond donors (Lipinski definition) is 1. The average Bonchev–Trinajstić information content (AvgIpc) is 2.92. The third kappa shape index (κ3) is 2.82. The highest BCUT2D eigenvalue weighted by Crippen LogP contribution is 2.43. The Bertz CT molecular complexity index is 993. The van der Waals surface area contributed by atoms with Crippen LogP contribution in [0.3, 0.4) is 0 Å². The molecule has 0 aliphatic rings. The van der Waals surface area contributed by atoms with E-state index in [-0.39, 0.29) is 11.3 Å². The van der Waals surface area contributed by atoms with Crippen LogP contribution in [0.1, 0.15) is 11.1 Å². The minimum absolute atomic E-state index is 0.0308. The summed E-state index contributed by atoms with van der Waals surface area (Å²) in [5.41, 5.74) is 2.57. The predicted molar refractivity (Wildman–Crippen MR) is 105 cm³/mol. The van der Waals surface area contributed by atoms with E-state index in [0.29, 0.717) is 11.2 Å². The lowest BCUT2D eigenvalue weighted by molar-refractivity contribution is -0.385. The Kier molecular flexibility index (Phi) is 4.85. The minimum atomic E-state index is -0.599. The monoisotopic (exact) mass is 521 g/mol. The standard InChI is InChI=1S/C15H10BrFIN3O2S/c1-6-9(16)5-19-14-12(6)13(15(20-14)24-18)8-3-10(17)7(2)11(4-8)21(22)23/h3-5H,1-2H3,(H,19,20). The number of aromatic nitrogens is 2. The van der Waals surface area contributed by atoms with Crippen LogP contribution in [-0.2, 0) is 0 Å². The number of rotatable bonds is 3. The number of H-pyrrole nitrogens is 1. The zero-order chi connectivity index (χ0) is 17.6. The first-order valence-electron chi connectivity index (χ1n) is 6.75. The summed E-state index contributed by atoms with van der Waals surface area (Å²) in [4.78, 5) is 18.2. The van der Waals surface area contributed by atoms with Crippen LogP contribution in [0.4, 0.5) is 10.1 Å². The summed E-state index contributed by atoms with van der Waals surface area (Å²) in [6, 6.07) is 2.75. The summed E-state index contributed by atoms with van der Waals surface area (Å²) in [7, 11) is 1.42. The smallest absolute Gasteiger partial charge is 0.275 e. The van der Waals surface area contributed by atoms with E-state index in [2.05, 4.69) is 47.1 Å². The molecule has 0 spiro atoms. The van der Waals surface area contributed by atoms with Gasteiger partial charge in [-0.05, 0) is 55.9 Å². The molecule has 3 aromatic rings. The van der Waals surface area contributed by atoms with E-state index < -0.39 is 10.7 Å². The maximum atomic E-state index is 14.3. The van der Waals surface area contributed by atoms with Crippen molar-refractivity contribution >= 4 is 62.8 Å².